The van der Waals surface area contributed by atoms with Crippen LogP contribution in [0.4, 0.5) is 20.4 Å². The SMILES string of the molecule is FC(F)n1ccnc1CN1CCN(c2cc(N3CCOCC3)ncn2)CC1. The third-order valence-electron chi connectivity index (χ3n) is 4.99. The van der Waals surface area contributed by atoms with Crippen molar-refractivity contribution < 1.29 is 13.5 Å². The highest BCUT2D eigenvalue weighted by Crippen LogP contribution is 2.21. The number of alkyl halides is 2. The molecule has 2 aliphatic heterocycles. The highest BCUT2D eigenvalue weighted by Gasteiger charge is 2.22. The molecule has 0 aromatic carbocycles. The maximum Gasteiger partial charge on any atom is 0.319 e. The van der Waals surface area contributed by atoms with Gasteiger partial charge in [0.15, 0.2) is 0 Å². The number of ether oxygens (including phenoxy) is 1. The molecule has 2 aliphatic rings. The summed E-state index contributed by atoms with van der Waals surface area (Å²) in [5.41, 5.74) is 0. The highest BCUT2D eigenvalue weighted by molar-refractivity contribution is 5.50. The minimum absolute atomic E-state index is 0.398. The summed E-state index contributed by atoms with van der Waals surface area (Å²) in [7, 11) is 0. The molecule has 0 amide bonds. The quantitative estimate of drug-likeness (QED) is 0.774. The molecule has 0 atom stereocenters. The first kappa shape index (κ1) is 18.1. The lowest BCUT2D eigenvalue weighted by Crippen LogP contribution is -2.46. The molecular formula is C17H23F2N7O. The van der Waals surface area contributed by atoms with Crippen molar-refractivity contribution in [3.05, 3.63) is 30.6 Å². The number of rotatable bonds is 5. The number of halogens is 2. The Balaban J connectivity index is 1.36. The van der Waals surface area contributed by atoms with Gasteiger partial charge in [-0.2, -0.15) is 8.78 Å². The third kappa shape index (κ3) is 4.16. The van der Waals surface area contributed by atoms with Crippen molar-refractivity contribution in [2.45, 2.75) is 13.1 Å². The van der Waals surface area contributed by atoms with E-state index >= 15 is 0 Å². The molecule has 0 bridgehead atoms. The molecule has 0 radical (unpaired) electrons. The average Bonchev–Trinajstić information content (AvgIpc) is 3.18. The first-order valence-corrected chi connectivity index (χ1v) is 9.12. The molecule has 10 heteroatoms. The fourth-order valence-corrected chi connectivity index (χ4v) is 3.45. The first-order valence-electron chi connectivity index (χ1n) is 9.12. The van der Waals surface area contributed by atoms with Gasteiger partial charge in [-0.25, -0.2) is 15.0 Å². The maximum atomic E-state index is 13.0. The van der Waals surface area contributed by atoms with Gasteiger partial charge in [0.1, 0.15) is 23.8 Å². The van der Waals surface area contributed by atoms with Crippen LogP contribution in [0.15, 0.2) is 24.8 Å². The van der Waals surface area contributed by atoms with Gasteiger partial charge in [0, 0.05) is 57.7 Å². The Bertz CT molecular complexity index is 742. The molecule has 2 aromatic heterocycles. The Kier molecular flexibility index (Phi) is 5.44. The van der Waals surface area contributed by atoms with Crippen LogP contribution in [-0.4, -0.2) is 76.9 Å². The Hall–Kier alpha value is -2.33. The molecule has 8 nitrogen and oxygen atoms in total. The van der Waals surface area contributed by atoms with Gasteiger partial charge in [-0.15, -0.1) is 0 Å². The molecule has 146 valence electrons. The lowest BCUT2D eigenvalue weighted by Gasteiger charge is -2.35. The number of anilines is 2. The molecule has 0 unspecified atom stereocenters. The molecular weight excluding hydrogens is 356 g/mol. The van der Waals surface area contributed by atoms with E-state index in [1.807, 2.05) is 6.07 Å². The van der Waals surface area contributed by atoms with Crippen LogP contribution in [0.25, 0.3) is 0 Å². The van der Waals surface area contributed by atoms with Crippen LogP contribution >= 0.6 is 0 Å². The van der Waals surface area contributed by atoms with E-state index in [9.17, 15) is 8.78 Å². The average molecular weight is 379 g/mol. The summed E-state index contributed by atoms with van der Waals surface area (Å²) in [5.74, 6) is 2.22. The topological polar surface area (TPSA) is 62.6 Å². The number of hydrogen-bond acceptors (Lipinski definition) is 7. The molecule has 0 saturated carbocycles. The fraction of sp³-hybridized carbons (Fsp3) is 0.588. The van der Waals surface area contributed by atoms with Crippen LogP contribution in [0.2, 0.25) is 0 Å². The second-order valence-corrected chi connectivity index (χ2v) is 6.63. The number of aromatic nitrogens is 4. The van der Waals surface area contributed by atoms with Gasteiger partial charge in [-0.3, -0.25) is 9.47 Å². The van der Waals surface area contributed by atoms with E-state index in [1.165, 1.54) is 12.4 Å². The minimum Gasteiger partial charge on any atom is -0.378 e. The van der Waals surface area contributed by atoms with E-state index in [-0.39, 0.29) is 0 Å². The normalized spacial score (nSPS) is 19.1. The predicted octanol–water partition coefficient (Wildman–Crippen LogP) is 1.23. The second-order valence-electron chi connectivity index (χ2n) is 6.63. The Morgan fingerprint density at radius 1 is 0.926 bits per heavy atom. The zero-order valence-electron chi connectivity index (χ0n) is 15.0. The number of imidazole rings is 1. The molecule has 2 fully saturated rings. The van der Waals surface area contributed by atoms with Crippen LogP contribution in [0.3, 0.4) is 0 Å². The van der Waals surface area contributed by atoms with Crippen LogP contribution in [-0.2, 0) is 11.3 Å². The minimum atomic E-state index is -2.55. The van der Waals surface area contributed by atoms with E-state index < -0.39 is 6.55 Å². The van der Waals surface area contributed by atoms with E-state index in [1.54, 1.807) is 6.33 Å². The van der Waals surface area contributed by atoms with Crippen molar-refractivity contribution in [3.63, 3.8) is 0 Å². The van der Waals surface area contributed by atoms with Crippen molar-refractivity contribution in [1.82, 2.24) is 24.4 Å². The van der Waals surface area contributed by atoms with Crippen LogP contribution in [0, 0.1) is 0 Å². The van der Waals surface area contributed by atoms with Gasteiger partial charge in [0.05, 0.1) is 19.8 Å². The van der Waals surface area contributed by atoms with Gasteiger partial charge in [0.2, 0.25) is 0 Å². The molecule has 2 saturated heterocycles. The smallest absolute Gasteiger partial charge is 0.319 e. The summed E-state index contributed by atoms with van der Waals surface area (Å²) in [6, 6.07) is 2.02. The van der Waals surface area contributed by atoms with Gasteiger partial charge >= 0.3 is 6.55 Å². The fourth-order valence-electron chi connectivity index (χ4n) is 3.45. The molecule has 2 aromatic rings. The lowest BCUT2D eigenvalue weighted by atomic mass is 10.3. The maximum absolute atomic E-state index is 13.0. The molecule has 0 N–H and O–H groups in total. The summed E-state index contributed by atoms with van der Waals surface area (Å²) in [5, 5.41) is 0. The van der Waals surface area contributed by atoms with E-state index in [2.05, 4.69) is 29.7 Å². The van der Waals surface area contributed by atoms with E-state index in [4.69, 9.17) is 4.74 Å². The monoisotopic (exact) mass is 379 g/mol. The number of morpholine rings is 1. The number of hydrogen-bond donors (Lipinski definition) is 0. The van der Waals surface area contributed by atoms with Gasteiger partial charge in [-0.05, 0) is 0 Å². The zero-order chi connectivity index (χ0) is 18.6. The van der Waals surface area contributed by atoms with Crippen molar-refractivity contribution in [2.24, 2.45) is 0 Å². The summed E-state index contributed by atoms with van der Waals surface area (Å²) in [6.07, 6.45) is 4.35. The predicted molar refractivity (Wildman–Crippen MR) is 96.0 cm³/mol. The molecule has 0 aliphatic carbocycles. The van der Waals surface area contributed by atoms with Crippen molar-refractivity contribution in [1.29, 1.82) is 0 Å². The van der Waals surface area contributed by atoms with Crippen LogP contribution < -0.4 is 9.80 Å². The van der Waals surface area contributed by atoms with Crippen LogP contribution in [0.1, 0.15) is 12.4 Å². The standard InChI is InChI=1S/C17H23F2N7O/c18-17(19)26-2-1-20-16(26)12-23-3-5-24(6-4-23)14-11-15(22-13-21-14)25-7-9-27-10-8-25/h1-2,11,13,17H,3-10,12H2. The molecule has 4 rings (SSSR count). The van der Waals surface area contributed by atoms with E-state index in [0.717, 1.165) is 55.5 Å². The Morgan fingerprint density at radius 3 is 2.26 bits per heavy atom. The molecule has 0 spiro atoms. The zero-order valence-corrected chi connectivity index (χ0v) is 15.0. The first-order chi connectivity index (χ1) is 13.2. The highest BCUT2D eigenvalue weighted by atomic mass is 19.3. The van der Waals surface area contributed by atoms with Gasteiger partial charge < -0.3 is 14.5 Å². The number of nitrogens with zero attached hydrogens (tertiary/aromatic N) is 7. The Morgan fingerprint density at radius 2 is 1.59 bits per heavy atom. The number of piperazine rings is 1. The molecule has 27 heavy (non-hydrogen) atoms. The summed E-state index contributed by atoms with van der Waals surface area (Å²) >= 11 is 0. The third-order valence-corrected chi connectivity index (χ3v) is 4.99. The largest absolute Gasteiger partial charge is 0.378 e. The lowest BCUT2D eigenvalue weighted by molar-refractivity contribution is 0.0636. The second kappa shape index (κ2) is 8.13. The van der Waals surface area contributed by atoms with E-state index in [0.29, 0.717) is 25.6 Å². The van der Waals surface area contributed by atoms with Crippen molar-refractivity contribution >= 4 is 11.6 Å². The summed E-state index contributed by atoms with van der Waals surface area (Å²) in [6.45, 7) is 4.09. The summed E-state index contributed by atoms with van der Waals surface area (Å²) < 4.78 is 32.2. The Labute approximate surface area is 156 Å². The van der Waals surface area contributed by atoms with Crippen LogP contribution in [0.5, 0.6) is 0 Å². The molecule has 4 heterocycles. The van der Waals surface area contributed by atoms with Crippen molar-refractivity contribution in [3.8, 4) is 0 Å². The van der Waals surface area contributed by atoms with Gasteiger partial charge in [-0.1, -0.05) is 0 Å². The van der Waals surface area contributed by atoms with Gasteiger partial charge in [0.25, 0.3) is 0 Å². The summed E-state index contributed by atoms with van der Waals surface area (Å²) in [4.78, 5) is 19.4. The van der Waals surface area contributed by atoms with Crippen molar-refractivity contribution in [2.75, 3.05) is 62.3 Å².